The molecule has 12 heteroatoms. The number of rotatable bonds is 5. The number of likely N-dealkylation sites (N-methyl/N-ethyl adjacent to an activating group) is 1. The summed E-state index contributed by atoms with van der Waals surface area (Å²) in [7, 11) is -2.02. The van der Waals surface area contributed by atoms with Crippen molar-refractivity contribution in [1.82, 2.24) is 25.1 Å². The van der Waals surface area contributed by atoms with Gasteiger partial charge >= 0.3 is 0 Å². The topological polar surface area (TPSA) is 107 Å². The summed E-state index contributed by atoms with van der Waals surface area (Å²) in [6.45, 7) is 3.97. The van der Waals surface area contributed by atoms with Crippen molar-refractivity contribution in [1.29, 1.82) is 0 Å². The highest BCUT2D eigenvalue weighted by atomic mass is 32.2. The number of pyridine rings is 2. The normalized spacial score (nSPS) is 14.0. The number of benzene rings is 2. The maximum atomic E-state index is 15.2. The van der Waals surface area contributed by atoms with Gasteiger partial charge in [0.2, 0.25) is 0 Å². The van der Waals surface area contributed by atoms with Crippen molar-refractivity contribution in [3.63, 3.8) is 0 Å². The number of piperazine rings is 1. The van der Waals surface area contributed by atoms with Crippen molar-refractivity contribution < 1.29 is 17.2 Å². The van der Waals surface area contributed by atoms with E-state index in [0.717, 1.165) is 61.5 Å². The van der Waals surface area contributed by atoms with Gasteiger partial charge < -0.3 is 9.80 Å². The summed E-state index contributed by atoms with van der Waals surface area (Å²) in [5, 5.41) is 8.01. The number of sulfonamides is 1. The lowest BCUT2D eigenvalue weighted by Crippen LogP contribution is -2.44. The second kappa shape index (κ2) is 11.2. The number of H-pyrrole nitrogens is 1. The fourth-order valence-electron chi connectivity index (χ4n) is 4.68. The fraction of sp³-hybridized carbons (Fsp3) is 0.167. The average molecular weight is 586 g/mol. The molecule has 1 saturated heterocycles. The third-order valence-corrected chi connectivity index (χ3v) is 8.40. The van der Waals surface area contributed by atoms with Gasteiger partial charge in [-0.25, -0.2) is 22.2 Å². The lowest BCUT2D eigenvalue weighted by molar-refractivity contribution is 0.313. The Labute approximate surface area is 241 Å². The smallest absolute Gasteiger partial charge is 0.263 e. The predicted octanol–water partition coefficient (Wildman–Crippen LogP) is 4.25. The Kier molecular flexibility index (Phi) is 7.28. The summed E-state index contributed by atoms with van der Waals surface area (Å²) in [6.07, 6.45) is 4.00. The van der Waals surface area contributed by atoms with Crippen LogP contribution in [0, 0.1) is 23.5 Å². The average Bonchev–Trinajstić information content (AvgIpc) is 3.43. The van der Waals surface area contributed by atoms with Crippen molar-refractivity contribution in [2.75, 3.05) is 42.8 Å². The number of hydrogen-bond donors (Lipinski definition) is 2. The minimum absolute atomic E-state index is 0.161. The molecule has 0 aliphatic carbocycles. The van der Waals surface area contributed by atoms with Gasteiger partial charge in [0, 0.05) is 67.0 Å². The van der Waals surface area contributed by atoms with Gasteiger partial charge in [0.25, 0.3) is 10.0 Å². The van der Waals surface area contributed by atoms with Gasteiger partial charge in [-0.15, -0.1) is 0 Å². The van der Waals surface area contributed by atoms with E-state index < -0.39 is 32.9 Å². The van der Waals surface area contributed by atoms with E-state index in [9.17, 15) is 12.8 Å². The fourth-order valence-corrected chi connectivity index (χ4v) is 5.70. The van der Waals surface area contributed by atoms with Crippen LogP contribution in [-0.4, -0.2) is 66.7 Å². The van der Waals surface area contributed by atoms with E-state index in [1.54, 1.807) is 6.07 Å². The molecule has 0 unspecified atom stereocenters. The zero-order chi connectivity index (χ0) is 29.3. The van der Waals surface area contributed by atoms with Gasteiger partial charge in [-0.3, -0.25) is 14.8 Å². The van der Waals surface area contributed by atoms with Gasteiger partial charge in [0.1, 0.15) is 10.7 Å². The number of fused-ring (bicyclic) bond motifs is 1. The maximum Gasteiger partial charge on any atom is 0.263 e. The molecule has 42 heavy (non-hydrogen) atoms. The molecule has 1 aliphatic rings. The highest BCUT2D eigenvalue weighted by Crippen LogP contribution is 2.28. The maximum absolute atomic E-state index is 15.2. The number of nitrogens with one attached hydrogen (secondary N) is 2. The first-order valence-electron chi connectivity index (χ1n) is 13.1. The molecule has 0 atom stereocenters. The summed E-state index contributed by atoms with van der Waals surface area (Å²) < 4.78 is 57.2. The van der Waals surface area contributed by atoms with Gasteiger partial charge in [-0.1, -0.05) is 24.0 Å². The summed E-state index contributed by atoms with van der Waals surface area (Å²) in [5.74, 6) is 3.19. The number of aromatic nitrogens is 4. The Hall–Kier alpha value is -4.86. The molecular formula is C30H25F2N7O2S. The zero-order valence-electron chi connectivity index (χ0n) is 22.5. The van der Waals surface area contributed by atoms with Crippen LogP contribution in [0.5, 0.6) is 0 Å². The Bertz CT molecular complexity index is 1930. The molecule has 2 aromatic carbocycles. The summed E-state index contributed by atoms with van der Waals surface area (Å²) in [5.41, 5.74) is 2.67. The van der Waals surface area contributed by atoms with E-state index in [2.05, 4.69) is 65.7 Å². The first-order valence-corrected chi connectivity index (χ1v) is 14.6. The van der Waals surface area contributed by atoms with Gasteiger partial charge in [-0.05, 0) is 49.5 Å². The molecule has 0 amide bonds. The van der Waals surface area contributed by atoms with Gasteiger partial charge in [0.05, 0.1) is 16.9 Å². The summed E-state index contributed by atoms with van der Waals surface area (Å²) in [6, 6.07) is 14.6. The number of halogens is 2. The molecule has 0 spiro atoms. The highest BCUT2D eigenvalue weighted by molar-refractivity contribution is 7.92. The summed E-state index contributed by atoms with van der Waals surface area (Å²) >= 11 is 0. The van der Waals surface area contributed by atoms with Crippen molar-refractivity contribution in [3.8, 4) is 23.1 Å². The third-order valence-electron chi connectivity index (χ3n) is 7.05. The first-order chi connectivity index (χ1) is 20.3. The minimum Gasteiger partial charge on any atom is -0.369 e. The molecule has 6 rings (SSSR count). The molecule has 2 N–H and O–H groups in total. The molecular weight excluding hydrogens is 560 g/mol. The molecule has 0 radical (unpaired) electrons. The lowest BCUT2D eigenvalue weighted by atomic mass is 10.1. The van der Waals surface area contributed by atoms with Crippen LogP contribution in [0.15, 0.2) is 78.1 Å². The molecule has 0 bridgehead atoms. The standard InChI is InChI=1S/C30H25F2N7O2S/c1-38-13-15-39(16-14-38)22-7-5-21(6-8-22)29-25-17-20(18-34-30(25)36-35-29)4-9-24-26(31)10-11-27(28(24)32)37-42(40,41)23-3-2-12-33-19-23/h2-3,5-8,10-12,17-19,37H,13-16H2,1H3,(H,34,35,36). The van der Waals surface area contributed by atoms with Crippen LogP contribution in [-0.2, 0) is 10.0 Å². The number of hydrogen-bond acceptors (Lipinski definition) is 7. The largest absolute Gasteiger partial charge is 0.369 e. The number of aromatic amines is 1. The van der Waals surface area contributed by atoms with E-state index in [1.807, 2.05) is 12.1 Å². The van der Waals surface area contributed by atoms with Crippen LogP contribution < -0.4 is 9.62 Å². The van der Waals surface area contributed by atoms with Crippen LogP contribution in [0.2, 0.25) is 0 Å². The Morgan fingerprint density at radius 3 is 2.50 bits per heavy atom. The van der Waals surface area contributed by atoms with Crippen LogP contribution in [0.4, 0.5) is 20.2 Å². The Morgan fingerprint density at radius 1 is 0.976 bits per heavy atom. The van der Waals surface area contributed by atoms with E-state index >= 15 is 4.39 Å². The van der Waals surface area contributed by atoms with Crippen molar-refractivity contribution in [2.24, 2.45) is 0 Å². The minimum atomic E-state index is -4.14. The van der Waals surface area contributed by atoms with Crippen LogP contribution in [0.3, 0.4) is 0 Å². The lowest BCUT2D eigenvalue weighted by Gasteiger charge is -2.34. The van der Waals surface area contributed by atoms with Gasteiger partial charge in [0.15, 0.2) is 11.5 Å². The van der Waals surface area contributed by atoms with Crippen molar-refractivity contribution in [2.45, 2.75) is 4.90 Å². The van der Waals surface area contributed by atoms with Crippen molar-refractivity contribution in [3.05, 3.63) is 95.9 Å². The van der Waals surface area contributed by atoms with Gasteiger partial charge in [-0.2, -0.15) is 5.10 Å². The SMILES string of the molecule is CN1CCN(c2ccc(-c3[nH]nc4ncc(C#Cc5c(F)ccc(NS(=O)(=O)c6cccnc6)c5F)cc34)cc2)CC1. The van der Waals surface area contributed by atoms with Crippen LogP contribution in [0.1, 0.15) is 11.1 Å². The van der Waals surface area contributed by atoms with Crippen molar-refractivity contribution >= 4 is 32.4 Å². The second-order valence-electron chi connectivity index (χ2n) is 9.86. The molecule has 212 valence electrons. The third kappa shape index (κ3) is 5.52. The number of nitrogens with zero attached hydrogens (tertiary/aromatic N) is 5. The molecule has 9 nitrogen and oxygen atoms in total. The predicted molar refractivity (Wildman–Crippen MR) is 156 cm³/mol. The second-order valence-corrected chi connectivity index (χ2v) is 11.5. The van der Waals surface area contributed by atoms with Crippen LogP contribution in [0.25, 0.3) is 22.3 Å². The monoisotopic (exact) mass is 585 g/mol. The quantitative estimate of drug-likeness (QED) is 0.297. The first kappa shape index (κ1) is 27.3. The number of anilines is 2. The van der Waals surface area contributed by atoms with Crippen LogP contribution >= 0.6 is 0 Å². The summed E-state index contributed by atoms with van der Waals surface area (Å²) in [4.78, 5) is 12.6. The van der Waals surface area contributed by atoms with E-state index in [0.29, 0.717) is 16.6 Å². The zero-order valence-corrected chi connectivity index (χ0v) is 23.3. The molecule has 4 heterocycles. The van der Waals surface area contributed by atoms with E-state index in [4.69, 9.17) is 0 Å². The highest BCUT2D eigenvalue weighted by Gasteiger charge is 2.20. The van der Waals surface area contributed by atoms with E-state index in [-0.39, 0.29) is 4.90 Å². The molecule has 1 aliphatic heterocycles. The Balaban J connectivity index is 1.27. The molecule has 3 aromatic heterocycles. The molecule has 5 aromatic rings. The molecule has 0 saturated carbocycles. The van der Waals surface area contributed by atoms with E-state index in [1.165, 1.54) is 24.5 Å². The molecule has 1 fully saturated rings. The Morgan fingerprint density at radius 2 is 1.76 bits per heavy atom.